The summed E-state index contributed by atoms with van der Waals surface area (Å²) in [5.74, 6) is 10.7. The van der Waals surface area contributed by atoms with Gasteiger partial charge in [-0.15, -0.1) is 0 Å². The Morgan fingerprint density at radius 1 is 0.667 bits per heavy atom. The summed E-state index contributed by atoms with van der Waals surface area (Å²) in [7, 11) is 0. The summed E-state index contributed by atoms with van der Waals surface area (Å²) in [6.45, 7) is 0.959. The van der Waals surface area contributed by atoms with E-state index in [2.05, 4.69) is 0 Å². The first-order valence-electron chi connectivity index (χ1n) is 6.08. The maximum Gasteiger partial charge on any atom is 0.328 e. The molecule has 106 valence electrons. The van der Waals surface area contributed by atoms with Gasteiger partial charge in [0.2, 0.25) is 0 Å². The molecule has 8 heteroatoms. The number of unbranched alkanes of at least 4 members (excludes halogenated alkanes) is 5. The number of nitrogens with zero attached hydrogens (tertiary/aromatic N) is 2. The van der Waals surface area contributed by atoms with Crippen molar-refractivity contribution in [1.82, 2.24) is 10.0 Å². The van der Waals surface area contributed by atoms with Gasteiger partial charge in [-0.1, -0.05) is 25.7 Å². The molecule has 18 heavy (non-hydrogen) atoms. The van der Waals surface area contributed by atoms with E-state index in [1.807, 2.05) is 0 Å². The molecule has 8 nitrogen and oxygen atoms in total. The van der Waals surface area contributed by atoms with Crippen LogP contribution in [0, 0.1) is 0 Å². The minimum absolute atomic E-state index is 0.480. The van der Waals surface area contributed by atoms with Crippen LogP contribution in [0.1, 0.15) is 38.5 Å². The third-order valence-electron chi connectivity index (χ3n) is 2.61. The number of urea groups is 2. The predicted molar refractivity (Wildman–Crippen MR) is 68.7 cm³/mol. The van der Waals surface area contributed by atoms with Crippen LogP contribution in [-0.2, 0) is 0 Å². The van der Waals surface area contributed by atoms with Crippen molar-refractivity contribution in [1.29, 1.82) is 0 Å². The van der Waals surface area contributed by atoms with Gasteiger partial charge >= 0.3 is 12.1 Å². The smallest absolute Gasteiger partial charge is 0.328 e. The number of hydrogen-bond donors (Lipinski definition) is 4. The molecule has 0 aliphatic heterocycles. The van der Waals surface area contributed by atoms with Gasteiger partial charge in [0.15, 0.2) is 0 Å². The molecule has 0 unspecified atom stereocenters. The molecule has 0 radical (unpaired) electrons. The van der Waals surface area contributed by atoms with Crippen LogP contribution in [0.3, 0.4) is 0 Å². The summed E-state index contributed by atoms with van der Waals surface area (Å²) in [5.41, 5.74) is 9.95. The SMILES string of the molecule is NC(=O)N(N)CCCCCCCCN(N)C(N)=O. The molecule has 0 saturated carbocycles. The van der Waals surface area contributed by atoms with Crippen molar-refractivity contribution >= 4 is 12.1 Å². The van der Waals surface area contributed by atoms with Gasteiger partial charge in [0.25, 0.3) is 0 Å². The Hall–Kier alpha value is -1.54. The Bertz CT molecular complexity index is 235. The molecule has 4 amide bonds. The van der Waals surface area contributed by atoms with E-state index in [1.54, 1.807) is 0 Å². The van der Waals surface area contributed by atoms with Crippen LogP contribution in [-0.4, -0.2) is 35.2 Å². The van der Waals surface area contributed by atoms with Crippen LogP contribution in [0.5, 0.6) is 0 Å². The van der Waals surface area contributed by atoms with Crippen molar-refractivity contribution in [3.8, 4) is 0 Å². The van der Waals surface area contributed by atoms with Crippen molar-refractivity contribution in [3.05, 3.63) is 0 Å². The van der Waals surface area contributed by atoms with E-state index in [9.17, 15) is 9.59 Å². The zero-order valence-electron chi connectivity index (χ0n) is 10.7. The highest BCUT2D eigenvalue weighted by Crippen LogP contribution is 2.05. The molecular formula is C10H24N6O2. The molecule has 0 aromatic heterocycles. The summed E-state index contributed by atoms with van der Waals surface area (Å²) in [4.78, 5) is 21.2. The minimum Gasteiger partial charge on any atom is -0.350 e. The van der Waals surface area contributed by atoms with Crippen LogP contribution in [0.2, 0.25) is 0 Å². The Morgan fingerprint density at radius 3 is 1.22 bits per heavy atom. The zero-order valence-corrected chi connectivity index (χ0v) is 10.7. The predicted octanol–water partition coefficient (Wildman–Crippen LogP) is -0.164. The monoisotopic (exact) mass is 260 g/mol. The van der Waals surface area contributed by atoms with Crippen molar-refractivity contribution in [3.63, 3.8) is 0 Å². The van der Waals surface area contributed by atoms with Crippen LogP contribution in [0.4, 0.5) is 9.59 Å². The highest BCUT2D eigenvalue weighted by molar-refractivity contribution is 5.71. The molecule has 0 aliphatic carbocycles. The number of hydrazine groups is 2. The van der Waals surface area contributed by atoms with Gasteiger partial charge in [-0.05, 0) is 12.8 Å². The first-order valence-corrected chi connectivity index (χ1v) is 6.08. The molecule has 0 aromatic carbocycles. The number of nitrogens with two attached hydrogens (primary N) is 4. The zero-order chi connectivity index (χ0) is 14.0. The maximum absolute atomic E-state index is 10.6. The highest BCUT2D eigenvalue weighted by Gasteiger charge is 2.03. The number of hydrogen-bond acceptors (Lipinski definition) is 4. The highest BCUT2D eigenvalue weighted by atomic mass is 16.2. The summed E-state index contributed by atoms with van der Waals surface area (Å²) in [6.07, 6.45) is 5.75. The van der Waals surface area contributed by atoms with Crippen molar-refractivity contribution in [2.75, 3.05) is 13.1 Å². The molecule has 0 bridgehead atoms. The Balaban J connectivity index is 3.26. The number of carbonyl (C=O) groups excluding carboxylic acids is 2. The average molecular weight is 260 g/mol. The van der Waals surface area contributed by atoms with E-state index in [1.165, 1.54) is 0 Å². The second-order valence-electron chi connectivity index (χ2n) is 4.18. The van der Waals surface area contributed by atoms with E-state index < -0.39 is 12.1 Å². The fourth-order valence-electron chi connectivity index (χ4n) is 1.49. The minimum atomic E-state index is -0.607. The molecule has 0 saturated heterocycles. The van der Waals surface area contributed by atoms with E-state index in [-0.39, 0.29) is 0 Å². The largest absolute Gasteiger partial charge is 0.350 e. The van der Waals surface area contributed by atoms with Gasteiger partial charge in [-0.3, -0.25) is 10.0 Å². The Morgan fingerprint density at radius 2 is 0.944 bits per heavy atom. The normalized spacial score (nSPS) is 10.1. The lowest BCUT2D eigenvalue weighted by Crippen LogP contribution is -2.41. The lowest BCUT2D eigenvalue weighted by Gasteiger charge is -2.13. The third-order valence-corrected chi connectivity index (χ3v) is 2.61. The topological polar surface area (TPSA) is 145 Å². The van der Waals surface area contributed by atoms with E-state index in [0.717, 1.165) is 48.5 Å². The van der Waals surface area contributed by atoms with Crippen LogP contribution in [0.25, 0.3) is 0 Å². The molecule has 0 heterocycles. The molecule has 0 aliphatic rings. The quantitative estimate of drug-likeness (QED) is 0.197. The molecule has 0 spiro atoms. The molecule has 0 aromatic rings. The van der Waals surface area contributed by atoms with E-state index >= 15 is 0 Å². The number of amides is 4. The van der Waals surface area contributed by atoms with Crippen LogP contribution in [0.15, 0.2) is 0 Å². The van der Waals surface area contributed by atoms with Crippen molar-refractivity contribution in [2.24, 2.45) is 23.2 Å². The molecule has 0 rings (SSSR count). The van der Waals surface area contributed by atoms with Gasteiger partial charge in [-0.2, -0.15) is 0 Å². The summed E-state index contributed by atoms with van der Waals surface area (Å²) >= 11 is 0. The molecular weight excluding hydrogens is 236 g/mol. The third kappa shape index (κ3) is 8.59. The van der Waals surface area contributed by atoms with E-state index in [4.69, 9.17) is 23.2 Å². The van der Waals surface area contributed by atoms with Gasteiger partial charge in [-0.25, -0.2) is 21.3 Å². The molecule has 0 atom stereocenters. The van der Waals surface area contributed by atoms with E-state index in [0.29, 0.717) is 13.1 Å². The summed E-state index contributed by atoms with van der Waals surface area (Å²) < 4.78 is 0. The Kier molecular flexibility index (Phi) is 8.67. The van der Waals surface area contributed by atoms with Gasteiger partial charge in [0.05, 0.1) is 0 Å². The standard InChI is InChI=1S/C10H24N6O2/c11-9(17)15(13)7-5-3-1-2-4-6-8-16(14)10(12)18/h1-8,13-14H2,(H2,11,17)(H2,12,18). The van der Waals surface area contributed by atoms with Gasteiger partial charge < -0.3 is 11.5 Å². The average Bonchev–Trinajstić information content (AvgIpc) is 2.31. The maximum atomic E-state index is 10.6. The summed E-state index contributed by atoms with van der Waals surface area (Å²) in [5, 5.41) is 2.03. The Labute approximate surface area is 107 Å². The summed E-state index contributed by atoms with van der Waals surface area (Å²) in [6, 6.07) is -1.21. The number of rotatable bonds is 9. The number of primary amides is 2. The second kappa shape index (κ2) is 9.49. The lowest BCUT2D eigenvalue weighted by molar-refractivity contribution is 0.206. The second-order valence-corrected chi connectivity index (χ2v) is 4.18. The number of carbonyl (C=O) groups is 2. The lowest BCUT2D eigenvalue weighted by atomic mass is 10.1. The fraction of sp³-hybridized carbons (Fsp3) is 0.800. The first kappa shape index (κ1) is 16.5. The van der Waals surface area contributed by atoms with Crippen molar-refractivity contribution < 1.29 is 9.59 Å². The molecule has 0 fully saturated rings. The van der Waals surface area contributed by atoms with Crippen LogP contribution < -0.4 is 23.2 Å². The van der Waals surface area contributed by atoms with Crippen molar-refractivity contribution in [2.45, 2.75) is 38.5 Å². The van der Waals surface area contributed by atoms with Gasteiger partial charge in [0.1, 0.15) is 0 Å². The van der Waals surface area contributed by atoms with Gasteiger partial charge in [0, 0.05) is 13.1 Å². The first-order chi connectivity index (χ1) is 8.45. The fourth-order valence-corrected chi connectivity index (χ4v) is 1.49. The molecule has 8 N–H and O–H groups in total. The van der Waals surface area contributed by atoms with Crippen LogP contribution >= 0.6 is 0 Å².